The van der Waals surface area contributed by atoms with Crippen LogP contribution in [0.5, 0.6) is 0 Å². The van der Waals surface area contributed by atoms with Crippen molar-refractivity contribution in [2.45, 2.75) is 13.5 Å². The first-order valence-corrected chi connectivity index (χ1v) is 3.36. The molecule has 0 fully saturated rings. The molecule has 0 atom stereocenters. The zero-order chi connectivity index (χ0) is 7.56. The molecule has 1 heterocycles. The van der Waals surface area contributed by atoms with E-state index in [1.807, 2.05) is 14.1 Å². The van der Waals surface area contributed by atoms with Gasteiger partial charge in [0, 0.05) is 12.1 Å². The Hall–Kier alpha value is -0.760. The second-order valence-corrected chi connectivity index (χ2v) is 2.82. The first-order valence-electron chi connectivity index (χ1n) is 3.36. The van der Waals surface area contributed by atoms with Crippen LogP contribution in [-0.4, -0.2) is 19.0 Å². The number of rotatable bonds is 2. The summed E-state index contributed by atoms with van der Waals surface area (Å²) in [6, 6.07) is 0. The monoisotopic (exact) mass is 139 g/mol. The molecule has 1 rings (SSSR count). The Labute approximate surface area is 61.4 Å². The normalized spacial score (nSPS) is 10.8. The van der Waals surface area contributed by atoms with Crippen molar-refractivity contribution in [3.8, 4) is 0 Å². The summed E-state index contributed by atoms with van der Waals surface area (Å²) in [7, 11) is 4.10. The minimum absolute atomic E-state index is 0.961. The predicted octanol–water partition coefficient (Wildman–Crippen LogP) is 1.65. The van der Waals surface area contributed by atoms with Gasteiger partial charge in [-0.05, 0) is 26.6 Å². The fourth-order valence-electron chi connectivity index (χ4n) is 0.890. The molecular weight excluding hydrogens is 126 g/mol. The maximum absolute atomic E-state index is 5.02. The standard InChI is InChI=1S/C8H13NO/c1-7-5-10-6-8(7)4-9(2)3/h5-6H,4H2,1-3H3. The molecule has 0 aliphatic rings. The average Bonchev–Trinajstić information content (AvgIpc) is 2.15. The largest absolute Gasteiger partial charge is 0.472 e. The molecule has 2 heteroatoms. The molecule has 0 spiro atoms. The van der Waals surface area contributed by atoms with E-state index in [-0.39, 0.29) is 0 Å². The highest BCUT2D eigenvalue weighted by molar-refractivity contribution is 5.18. The lowest BCUT2D eigenvalue weighted by atomic mass is 10.2. The van der Waals surface area contributed by atoms with Crippen LogP contribution >= 0.6 is 0 Å². The zero-order valence-corrected chi connectivity index (χ0v) is 6.72. The zero-order valence-electron chi connectivity index (χ0n) is 6.72. The molecule has 0 unspecified atom stereocenters. The highest BCUT2D eigenvalue weighted by atomic mass is 16.3. The van der Waals surface area contributed by atoms with E-state index in [2.05, 4.69) is 11.8 Å². The predicted molar refractivity (Wildman–Crippen MR) is 40.8 cm³/mol. The van der Waals surface area contributed by atoms with Crippen molar-refractivity contribution >= 4 is 0 Å². The molecule has 0 radical (unpaired) electrons. The number of hydrogen-bond acceptors (Lipinski definition) is 2. The van der Waals surface area contributed by atoms with Gasteiger partial charge in [-0.25, -0.2) is 0 Å². The quantitative estimate of drug-likeness (QED) is 0.619. The number of hydrogen-bond donors (Lipinski definition) is 0. The van der Waals surface area contributed by atoms with Crippen LogP contribution in [0.15, 0.2) is 16.9 Å². The van der Waals surface area contributed by atoms with Gasteiger partial charge in [-0.1, -0.05) is 0 Å². The van der Waals surface area contributed by atoms with E-state index in [1.165, 1.54) is 11.1 Å². The van der Waals surface area contributed by atoms with Crippen LogP contribution in [0, 0.1) is 6.92 Å². The van der Waals surface area contributed by atoms with E-state index < -0.39 is 0 Å². The van der Waals surface area contributed by atoms with E-state index in [4.69, 9.17) is 4.42 Å². The lowest BCUT2D eigenvalue weighted by Crippen LogP contribution is -2.10. The van der Waals surface area contributed by atoms with Gasteiger partial charge in [0.05, 0.1) is 12.5 Å². The number of nitrogens with zero attached hydrogens (tertiary/aromatic N) is 1. The summed E-state index contributed by atoms with van der Waals surface area (Å²) in [5.41, 5.74) is 2.50. The highest BCUT2D eigenvalue weighted by Gasteiger charge is 2.00. The first kappa shape index (κ1) is 7.35. The molecule has 0 saturated heterocycles. The molecule has 2 nitrogen and oxygen atoms in total. The third kappa shape index (κ3) is 1.61. The Bertz CT molecular complexity index is 203. The Morgan fingerprint density at radius 2 is 2.10 bits per heavy atom. The topological polar surface area (TPSA) is 16.4 Å². The van der Waals surface area contributed by atoms with Crippen LogP contribution in [0.3, 0.4) is 0 Å². The van der Waals surface area contributed by atoms with E-state index in [0.29, 0.717) is 0 Å². The van der Waals surface area contributed by atoms with Crippen LogP contribution in [0.25, 0.3) is 0 Å². The minimum atomic E-state index is 0.961. The van der Waals surface area contributed by atoms with Gasteiger partial charge in [0.1, 0.15) is 0 Å². The van der Waals surface area contributed by atoms with Gasteiger partial charge < -0.3 is 9.32 Å². The Balaban J connectivity index is 2.65. The van der Waals surface area contributed by atoms with Crippen LogP contribution < -0.4 is 0 Å². The summed E-state index contributed by atoms with van der Waals surface area (Å²) in [6.07, 6.45) is 3.58. The number of aryl methyl sites for hydroxylation is 1. The van der Waals surface area contributed by atoms with E-state index in [0.717, 1.165) is 6.54 Å². The Morgan fingerprint density at radius 3 is 2.50 bits per heavy atom. The maximum atomic E-state index is 5.02. The van der Waals surface area contributed by atoms with Crippen LogP contribution in [0.2, 0.25) is 0 Å². The Morgan fingerprint density at radius 1 is 1.40 bits per heavy atom. The fourth-order valence-corrected chi connectivity index (χ4v) is 0.890. The SMILES string of the molecule is Cc1cocc1CN(C)C. The molecule has 0 bridgehead atoms. The van der Waals surface area contributed by atoms with Gasteiger partial charge in [0.15, 0.2) is 0 Å². The van der Waals surface area contributed by atoms with Gasteiger partial charge >= 0.3 is 0 Å². The van der Waals surface area contributed by atoms with Crippen molar-refractivity contribution in [2.75, 3.05) is 14.1 Å². The van der Waals surface area contributed by atoms with Gasteiger partial charge in [-0.2, -0.15) is 0 Å². The van der Waals surface area contributed by atoms with E-state index in [1.54, 1.807) is 12.5 Å². The molecular formula is C8H13NO. The van der Waals surface area contributed by atoms with Crippen molar-refractivity contribution in [3.63, 3.8) is 0 Å². The van der Waals surface area contributed by atoms with Crippen molar-refractivity contribution in [1.82, 2.24) is 4.90 Å². The molecule has 0 N–H and O–H groups in total. The van der Waals surface area contributed by atoms with Gasteiger partial charge in [-0.15, -0.1) is 0 Å². The van der Waals surface area contributed by atoms with Crippen molar-refractivity contribution in [1.29, 1.82) is 0 Å². The van der Waals surface area contributed by atoms with Crippen molar-refractivity contribution < 1.29 is 4.42 Å². The van der Waals surface area contributed by atoms with Crippen LogP contribution in [-0.2, 0) is 6.54 Å². The summed E-state index contributed by atoms with van der Waals surface area (Å²) < 4.78 is 5.02. The molecule has 0 amide bonds. The molecule has 56 valence electrons. The molecule has 0 aliphatic carbocycles. The second kappa shape index (κ2) is 2.88. The molecule has 10 heavy (non-hydrogen) atoms. The Kier molecular flexibility index (Phi) is 2.12. The van der Waals surface area contributed by atoms with Crippen molar-refractivity contribution in [3.05, 3.63) is 23.7 Å². The van der Waals surface area contributed by atoms with Crippen molar-refractivity contribution in [2.24, 2.45) is 0 Å². The lowest BCUT2D eigenvalue weighted by Gasteiger charge is -2.06. The summed E-state index contributed by atoms with van der Waals surface area (Å²) >= 11 is 0. The smallest absolute Gasteiger partial charge is 0.0950 e. The summed E-state index contributed by atoms with van der Waals surface area (Å²) in [6.45, 7) is 3.02. The van der Waals surface area contributed by atoms with E-state index in [9.17, 15) is 0 Å². The van der Waals surface area contributed by atoms with Gasteiger partial charge in [0.25, 0.3) is 0 Å². The lowest BCUT2D eigenvalue weighted by molar-refractivity contribution is 0.399. The summed E-state index contributed by atoms with van der Waals surface area (Å²) in [5, 5.41) is 0. The summed E-state index contributed by atoms with van der Waals surface area (Å²) in [5.74, 6) is 0. The third-order valence-electron chi connectivity index (χ3n) is 1.45. The molecule has 0 aromatic carbocycles. The summed E-state index contributed by atoms with van der Waals surface area (Å²) in [4.78, 5) is 2.12. The second-order valence-electron chi connectivity index (χ2n) is 2.82. The third-order valence-corrected chi connectivity index (χ3v) is 1.45. The van der Waals surface area contributed by atoms with Gasteiger partial charge in [0.2, 0.25) is 0 Å². The first-order chi connectivity index (χ1) is 4.70. The highest BCUT2D eigenvalue weighted by Crippen LogP contribution is 2.09. The van der Waals surface area contributed by atoms with Crippen LogP contribution in [0.1, 0.15) is 11.1 Å². The maximum Gasteiger partial charge on any atom is 0.0950 e. The average molecular weight is 139 g/mol. The molecule has 0 aliphatic heterocycles. The minimum Gasteiger partial charge on any atom is -0.472 e. The van der Waals surface area contributed by atoms with Gasteiger partial charge in [-0.3, -0.25) is 0 Å². The molecule has 1 aromatic rings. The molecule has 1 aromatic heterocycles. The number of furan rings is 1. The van der Waals surface area contributed by atoms with E-state index >= 15 is 0 Å². The fraction of sp³-hybridized carbons (Fsp3) is 0.500. The molecule has 0 saturated carbocycles. The van der Waals surface area contributed by atoms with Crippen LogP contribution in [0.4, 0.5) is 0 Å².